The van der Waals surface area contributed by atoms with Gasteiger partial charge in [-0.15, -0.1) is 0 Å². The van der Waals surface area contributed by atoms with Gasteiger partial charge in [-0.05, 0) is 54.4 Å². The highest BCUT2D eigenvalue weighted by Crippen LogP contribution is 2.24. The van der Waals surface area contributed by atoms with E-state index >= 15 is 0 Å². The predicted molar refractivity (Wildman–Crippen MR) is 93.2 cm³/mol. The smallest absolute Gasteiger partial charge is 0.253 e. The lowest BCUT2D eigenvalue weighted by molar-refractivity contribution is 0.0746. The Kier molecular flexibility index (Phi) is 3.84. The number of benzene rings is 2. The molecule has 0 saturated carbocycles. The van der Waals surface area contributed by atoms with E-state index in [2.05, 4.69) is 10.2 Å². The molecule has 0 spiro atoms. The van der Waals surface area contributed by atoms with Crippen molar-refractivity contribution in [2.24, 2.45) is 0 Å². The normalized spacial score (nSPS) is 16.7. The second-order valence-corrected chi connectivity index (χ2v) is 6.30. The van der Waals surface area contributed by atoms with Gasteiger partial charge in [-0.3, -0.25) is 4.79 Å². The summed E-state index contributed by atoms with van der Waals surface area (Å²) in [5.74, 6) is -0.123. The van der Waals surface area contributed by atoms with Crippen LogP contribution < -0.4 is 10.2 Å². The third-order valence-corrected chi connectivity index (χ3v) is 4.82. The molecule has 1 fully saturated rings. The Morgan fingerprint density at radius 2 is 1.75 bits per heavy atom. The molecule has 2 aliphatic rings. The van der Waals surface area contributed by atoms with E-state index < -0.39 is 0 Å². The second kappa shape index (κ2) is 6.15. The van der Waals surface area contributed by atoms with E-state index in [1.807, 2.05) is 23.1 Å². The van der Waals surface area contributed by atoms with Crippen LogP contribution in [0.25, 0.3) is 0 Å². The summed E-state index contributed by atoms with van der Waals surface area (Å²) in [7, 11) is 0. The number of carbonyl (C=O) groups excluding carboxylic acids is 1. The number of piperazine rings is 1. The van der Waals surface area contributed by atoms with Crippen molar-refractivity contribution in [1.29, 1.82) is 0 Å². The number of nitrogens with one attached hydrogen (secondary N) is 1. The van der Waals surface area contributed by atoms with Crippen molar-refractivity contribution in [2.75, 3.05) is 42.9 Å². The Labute approximate surface area is 140 Å². The predicted octanol–water partition coefficient (Wildman–Crippen LogP) is 2.76. The van der Waals surface area contributed by atoms with Crippen LogP contribution in [-0.2, 0) is 6.42 Å². The molecule has 1 amide bonds. The number of carbonyl (C=O) groups is 1. The molecular weight excluding hydrogens is 305 g/mol. The summed E-state index contributed by atoms with van der Waals surface area (Å²) >= 11 is 0. The fraction of sp³-hybridized carbons (Fsp3) is 0.316. The third-order valence-electron chi connectivity index (χ3n) is 4.82. The maximum atomic E-state index is 13.0. The molecule has 4 rings (SSSR count). The summed E-state index contributed by atoms with van der Waals surface area (Å²) in [6, 6.07) is 12.5. The van der Waals surface area contributed by atoms with Crippen LogP contribution in [0.3, 0.4) is 0 Å². The molecule has 5 heteroatoms. The zero-order valence-corrected chi connectivity index (χ0v) is 13.5. The molecular formula is C19H20FN3O. The highest BCUT2D eigenvalue weighted by molar-refractivity contribution is 5.95. The zero-order chi connectivity index (χ0) is 16.5. The van der Waals surface area contributed by atoms with Gasteiger partial charge in [0.05, 0.1) is 0 Å². The lowest BCUT2D eigenvalue weighted by Crippen LogP contribution is -2.48. The number of hydrogen-bond donors (Lipinski definition) is 1. The van der Waals surface area contributed by atoms with Gasteiger partial charge in [0, 0.05) is 49.7 Å². The summed E-state index contributed by atoms with van der Waals surface area (Å²) in [6.07, 6.45) is 0.981. The molecule has 4 nitrogen and oxygen atoms in total. The van der Waals surface area contributed by atoms with E-state index in [0.717, 1.165) is 43.0 Å². The number of amides is 1. The van der Waals surface area contributed by atoms with E-state index in [1.165, 1.54) is 17.7 Å². The average molecular weight is 325 g/mol. The van der Waals surface area contributed by atoms with Crippen molar-refractivity contribution in [2.45, 2.75) is 6.42 Å². The topological polar surface area (TPSA) is 35.6 Å². The molecule has 2 heterocycles. The molecule has 0 aromatic heterocycles. The largest absolute Gasteiger partial charge is 0.384 e. The maximum Gasteiger partial charge on any atom is 0.253 e. The van der Waals surface area contributed by atoms with Crippen LogP contribution in [0.15, 0.2) is 42.5 Å². The number of halogens is 1. The van der Waals surface area contributed by atoms with Gasteiger partial charge < -0.3 is 15.1 Å². The Balaban J connectivity index is 1.42. The molecule has 124 valence electrons. The van der Waals surface area contributed by atoms with Crippen molar-refractivity contribution in [3.63, 3.8) is 0 Å². The Morgan fingerprint density at radius 1 is 1.00 bits per heavy atom. The molecule has 0 radical (unpaired) electrons. The lowest BCUT2D eigenvalue weighted by Gasteiger charge is -2.36. The maximum absolute atomic E-state index is 13.0. The van der Waals surface area contributed by atoms with Crippen LogP contribution >= 0.6 is 0 Å². The SMILES string of the molecule is O=C(c1ccc2c(c1)CCN2)N1CCN(c2ccc(F)cc2)CC1. The Hall–Kier alpha value is -2.56. The molecule has 0 aliphatic carbocycles. The van der Waals surface area contributed by atoms with Gasteiger partial charge in [0.2, 0.25) is 0 Å². The average Bonchev–Trinajstić information content (AvgIpc) is 3.09. The standard InChI is InChI=1S/C19H20FN3O/c20-16-2-4-17(5-3-16)22-9-11-23(12-10-22)19(24)15-1-6-18-14(13-15)7-8-21-18/h1-6,13,21H,7-12H2. The quantitative estimate of drug-likeness (QED) is 0.922. The van der Waals surface area contributed by atoms with E-state index in [-0.39, 0.29) is 11.7 Å². The molecule has 2 aromatic rings. The highest BCUT2D eigenvalue weighted by atomic mass is 19.1. The van der Waals surface area contributed by atoms with E-state index in [0.29, 0.717) is 13.1 Å². The number of hydrogen-bond acceptors (Lipinski definition) is 3. The zero-order valence-electron chi connectivity index (χ0n) is 13.5. The Morgan fingerprint density at radius 3 is 2.50 bits per heavy atom. The van der Waals surface area contributed by atoms with Gasteiger partial charge in [0.1, 0.15) is 5.82 Å². The summed E-state index contributed by atoms with van der Waals surface area (Å²) in [6.45, 7) is 3.86. The van der Waals surface area contributed by atoms with Crippen LogP contribution in [0, 0.1) is 5.82 Å². The number of fused-ring (bicyclic) bond motifs is 1. The summed E-state index contributed by atoms with van der Waals surface area (Å²) in [5.41, 5.74) is 4.15. The van der Waals surface area contributed by atoms with Crippen molar-refractivity contribution >= 4 is 17.3 Å². The minimum Gasteiger partial charge on any atom is -0.384 e. The highest BCUT2D eigenvalue weighted by Gasteiger charge is 2.23. The molecule has 1 saturated heterocycles. The lowest BCUT2D eigenvalue weighted by atomic mass is 10.1. The molecule has 24 heavy (non-hydrogen) atoms. The number of anilines is 2. The van der Waals surface area contributed by atoms with E-state index in [9.17, 15) is 9.18 Å². The van der Waals surface area contributed by atoms with Crippen LogP contribution in [-0.4, -0.2) is 43.5 Å². The van der Waals surface area contributed by atoms with Crippen LogP contribution in [0.1, 0.15) is 15.9 Å². The molecule has 0 atom stereocenters. The van der Waals surface area contributed by atoms with Gasteiger partial charge in [-0.25, -0.2) is 4.39 Å². The van der Waals surface area contributed by atoms with Crippen LogP contribution in [0.5, 0.6) is 0 Å². The van der Waals surface area contributed by atoms with E-state index in [4.69, 9.17) is 0 Å². The Bertz CT molecular complexity index is 752. The first-order valence-corrected chi connectivity index (χ1v) is 8.37. The molecule has 2 aromatic carbocycles. The summed E-state index contributed by atoms with van der Waals surface area (Å²) < 4.78 is 13.0. The molecule has 1 N–H and O–H groups in total. The van der Waals surface area contributed by atoms with Gasteiger partial charge in [0.25, 0.3) is 5.91 Å². The minimum absolute atomic E-state index is 0.100. The van der Waals surface area contributed by atoms with E-state index in [1.54, 1.807) is 12.1 Å². The summed E-state index contributed by atoms with van der Waals surface area (Å²) in [4.78, 5) is 16.8. The minimum atomic E-state index is -0.223. The van der Waals surface area contributed by atoms with Gasteiger partial charge in [-0.1, -0.05) is 0 Å². The molecule has 0 unspecified atom stereocenters. The van der Waals surface area contributed by atoms with Gasteiger partial charge >= 0.3 is 0 Å². The first-order chi connectivity index (χ1) is 11.7. The monoisotopic (exact) mass is 325 g/mol. The first kappa shape index (κ1) is 15.0. The number of nitrogens with zero attached hydrogens (tertiary/aromatic N) is 2. The van der Waals surface area contributed by atoms with Crippen molar-refractivity contribution in [3.05, 3.63) is 59.4 Å². The van der Waals surface area contributed by atoms with Crippen molar-refractivity contribution in [1.82, 2.24) is 4.90 Å². The molecule has 0 bridgehead atoms. The van der Waals surface area contributed by atoms with Gasteiger partial charge in [-0.2, -0.15) is 0 Å². The fourth-order valence-corrected chi connectivity index (χ4v) is 3.44. The van der Waals surface area contributed by atoms with Gasteiger partial charge in [0.15, 0.2) is 0 Å². The van der Waals surface area contributed by atoms with Crippen molar-refractivity contribution < 1.29 is 9.18 Å². The summed E-state index contributed by atoms with van der Waals surface area (Å²) in [5, 5.41) is 3.32. The number of rotatable bonds is 2. The fourth-order valence-electron chi connectivity index (χ4n) is 3.44. The molecule has 2 aliphatic heterocycles. The third kappa shape index (κ3) is 2.82. The van der Waals surface area contributed by atoms with Crippen LogP contribution in [0.4, 0.5) is 15.8 Å². The van der Waals surface area contributed by atoms with Crippen LogP contribution in [0.2, 0.25) is 0 Å². The second-order valence-electron chi connectivity index (χ2n) is 6.30. The first-order valence-electron chi connectivity index (χ1n) is 8.37. The van der Waals surface area contributed by atoms with Crippen molar-refractivity contribution in [3.8, 4) is 0 Å².